The first kappa shape index (κ1) is 34.9. The normalized spacial score (nSPS) is 11.4. The van der Waals surface area contributed by atoms with E-state index in [0.29, 0.717) is 17.6 Å². The maximum absolute atomic E-state index is 6.23. The lowest BCUT2D eigenvalue weighted by Gasteiger charge is -2.14. The largest absolute Gasteiger partial charge is 0.490 e. The molecule has 232 valence electrons. The van der Waals surface area contributed by atoms with E-state index in [2.05, 4.69) is 29.4 Å². The van der Waals surface area contributed by atoms with E-state index in [0.717, 1.165) is 36.5 Å². The van der Waals surface area contributed by atoms with Crippen molar-refractivity contribution < 1.29 is 9.47 Å². The Morgan fingerprint density at radius 1 is 0.707 bits per heavy atom. The molecule has 6 nitrogen and oxygen atoms in total. The number of hydrogen-bond acceptors (Lipinski definition) is 7. The standard InChI is InChI=1S/C34H58N4O2S/c1-3-5-7-9-11-13-15-17-19-21-25-39-31-24-23-30(28-36-38-34-37-33(35)29-41-34)27-32(31)40-26-22-20-18-16-14-12-10-8-6-4-2/h23-24,27-29H,3-22,25-26,35H2,1-2H3,(H,37,38). The second kappa shape index (κ2) is 24.3. The van der Waals surface area contributed by atoms with Crippen molar-refractivity contribution in [1.29, 1.82) is 0 Å². The highest BCUT2D eigenvalue weighted by Gasteiger charge is 2.07. The van der Waals surface area contributed by atoms with Crippen LogP contribution in [0.2, 0.25) is 0 Å². The van der Waals surface area contributed by atoms with Crippen LogP contribution in [0, 0.1) is 0 Å². The molecule has 0 aliphatic carbocycles. The van der Waals surface area contributed by atoms with Gasteiger partial charge < -0.3 is 15.2 Å². The van der Waals surface area contributed by atoms with Gasteiger partial charge in [0.1, 0.15) is 5.82 Å². The molecule has 0 saturated heterocycles. The van der Waals surface area contributed by atoms with Crippen molar-refractivity contribution in [1.82, 2.24) is 4.98 Å². The minimum Gasteiger partial charge on any atom is -0.490 e. The minimum absolute atomic E-state index is 0.499. The van der Waals surface area contributed by atoms with Crippen LogP contribution >= 0.6 is 11.3 Å². The van der Waals surface area contributed by atoms with Gasteiger partial charge in [-0.05, 0) is 36.6 Å². The molecule has 2 aromatic rings. The molecular formula is C34H58N4O2S. The second-order valence-electron chi connectivity index (χ2n) is 11.2. The van der Waals surface area contributed by atoms with Gasteiger partial charge >= 0.3 is 0 Å². The molecule has 0 spiro atoms. The third-order valence-electron chi connectivity index (χ3n) is 7.37. The van der Waals surface area contributed by atoms with E-state index in [-0.39, 0.29) is 0 Å². The maximum Gasteiger partial charge on any atom is 0.205 e. The number of rotatable bonds is 27. The molecule has 0 amide bonds. The molecule has 1 aromatic heterocycles. The van der Waals surface area contributed by atoms with E-state index in [4.69, 9.17) is 15.2 Å². The number of hydrazone groups is 1. The van der Waals surface area contributed by atoms with Gasteiger partial charge in [0.25, 0.3) is 0 Å². The zero-order valence-electron chi connectivity index (χ0n) is 26.1. The van der Waals surface area contributed by atoms with Crippen molar-refractivity contribution in [2.24, 2.45) is 5.10 Å². The number of thiazole rings is 1. The lowest BCUT2D eigenvalue weighted by atomic mass is 10.1. The number of hydrogen-bond donors (Lipinski definition) is 2. The quantitative estimate of drug-likeness (QED) is 0.0618. The SMILES string of the molecule is CCCCCCCCCCCCOc1ccc(C=NNc2nc(N)cs2)cc1OCCCCCCCCCCCC. The van der Waals surface area contributed by atoms with Crippen LogP contribution in [0.1, 0.15) is 148 Å². The molecule has 1 heterocycles. The summed E-state index contributed by atoms with van der Waals surface area (Å²) in [6.45, 7) is 5.99. The Hall–Kier alpha value is -2.28. The number of ether oxygens (including phenoxy) is 2. The smallest absolute Gasteiger partial charge is 0.205 e. The number of aromatic nitrogens is 1. The summed E-state index contributed by atoms with van der Waals surface area (Å²) in [4.78, 5) is 4.17. The zero-order chi connectivity index (χ0) is 29.2. The molecule has 3 N–H and O–H groups in total. The first-order valence-electron chi connectivity index (χ1n) is 16.6. The van der Waals surface area contributed by atoms with Crippen LogP contribution in [0.25, 0.3) is 0 Å². The Morgan fingerprint density at radius 3 is 1.68 bits per heavy atom. The molecule has 0 aliphatic rings. The van der Waals surface area contributed by atoms with Crippen LogP contribution in [-0.4, -0.2) is 24.4 Å². The fourth-order valence-corrected chi connectivity index (χ4v) is 5.43. The van der Waals surface area contributed by atoms with Crippen LogP contribution in [0.3, 0.4) is 0 Å². The highest BCUT2D eigenvalue weighted by atomic mass is 32.1. The monoisotopic (exact) mass is 586 g/mol. The Labute approximate surface area is 254 Å². The van der Waals surface area contributed by atoms with Crippen molar-refractivity contribution >= 4 is 28.5 Å². The fourth-order valence-electron chi connectivity index (χ4n) is 4.88. The Balaban J connectivity index is 1.73. The van der Waals surface area contributed by atoms with Crippen LogP contribution < -0.4 is 20.6 Å². The van der Waals surface area contributed by atoms with Gasteiger partial charge in [-0.15, -0.1) is 11.3 Å². The average molecular weight is 587 g/mol. The summed E-state index contributed by atoms with van der Waals surface area (Å²) in [6.07, 6.45) is 28.1. The van der Waals surface area contributed by atoms with Gasteiger partial charge in [0, 0.05) is 5.38 Å². The van der Waals surface area contributed by atoms with Gasteiger partial charge in [-0.25, -0.2) is 4.98 Å². The van der Waals surface area contributed by atoms with E-state index < -0.39 is 0 Å². The highest BCUT2D eigenvalue weighted by molar-refractivity contribution is 7.14. The topological polar surface area (TPSA) is 81.8 Å². The number of nitrogen functional groups attached to an aromatic ring is 1. The molecule has 1 aromatic carbocycles. The highest BCUT2D eigenvalue weighted by Crippen LogP contribution is 2.29. The van der Waals surface area contributed by atoms with E-state index in [1.165, 1.54) is 127 Å². The van der Waals surface area contributed by atoms with Crippen molar-refractivity contribution in [3.8, 4) is 11.5 Å². The fraction of sp³-hybridized carbons (Fsp3) is 0.706. The minimum atomic E-state index is 0.499. The van der Waals surface area contributed by atoms with Crippen molar-refractivity contribution in [2.45, 2.75) is 142 Å². The van der Waals surface area contributed by atoms with E-state index in [9.17, 15) is 0 Å². The summed E-state index contributed by atoms with van der Waals surface area (Å²) in [6, 6.07) is 6.04. The van der Waals surface area contributed by atoms with Gasteiger partial charge in [-0.2, -0.15) is 5.10 Å². The van der Waals surface area contributed by atoms with E-state index in [1.54, 1.807) is 11.6 Å². The number of nitrogens with two attached hydrogens (primary N) is 1. The second-order valence-corrected chi connectivity index (χ2v) is 12.1. The first-order valence-corrected chi connectivity index (χ1v) is 17.5. The van der Waals surface area contributed by atoms with Crippen molar-refractivity contribution in [3.05, 3.63) is 29.1 Å². The Bertz CT molecular complexity index is 918. The molecule has 0 bridgehead atoms. The molecule has 0 aliphatic heterocycles. The lowest BCUT2D eigenvalue weighted by molar-refractivity contribution is 0.258. The average Bonchev–Trinajstić information content (AvgIpc) is 3.40. The molecule has 0 atom stereocenters. The van der Waals surface area contributed by atoms with Crippen molar-refractivity contribution in [3.63, 3.8) is 0 Å². The zero-order valence-corrected chi connectivity index (χ0v) is 27.0. The molecule has 0 fully saturated rings. The van der Waals surface area contributed by atoms with E-state index in [1.807, 2.05) is 18.2 Å². The summed E-state index contributed by atoms with van der Waals surface area (Å²) in [5, 5.41) is 6.77. The summed E-state index contributed by atoms with van der Waals surface area (Å²) < 4.78 is 12.4. The Morgan fingerprint density at radius 2 is 1.20 bits per heavy atom. The number of benzene rings is 1. The molecule has 0 radical (unpaired) electrons. The maximum atomic E-state index is 6.23. The van der Waals surface area contributed by atoms with Gasteiger partial charge in [0.2, 0.25) is 5.13 Å². The molecule has 0 saturated carbocycles. The number of nitrogens with zero attached hydrogens (tertiary/aromatic N) is 2. The van der Waals surface area contributed by atoms with E-state index >= 15 is 0 Å². The van der Waals surface area contributed by atoms with Crippen LogP contribution in [0.4, 0.5) is 10.9 Å². The van der Waals surface area contributed by atoms with Crippen molar-refractivity contribution in [2.75, 3.05) is 24.4 Å². The number of nitrogens with one attached hydrogen (secondary N) is 1. The Kier molecular flexibility index (Phi) is 20.7. The predicted molar refractivity (Wildman–Crippen MR) is 179 cm³/mol. The van der Waals surface area contributed by atoms with Gasteiger partial charge in [0.05, 0.1) is 19.4 Å². The first-order chi connectivity index (χ1) is 20.2. The number of unbranched alkanes of at least 4 members (excludes halogenated alkanes) is 18. The van der Waals surface area contributed by atoms with Gasteiger partial charge in [-0.1, -0.05) is 129 Å². The molecular weight excluding hydrogens is 528 g/mol. The molecule has 0 unspecified atom stereocenters. The summed E-state index contributed by atoms with van der Waals surface area (Å²) >= 11 is 1.43. The molecule has 2 rings (SSSR count). The predicted octanol–water partition coefficient (Wildman–Crippen LogP) is 10.8. The lowest BCUT2D eigenvalue weighted by Crippen LogP contribution is -2.03. The van der Waals surface area contributed by atoms with Crippen LogP contribution in [0.15, 0.2) is 28.7 Å². The van der Waals surface area contributed by atoms with Gasteiger partial charge in [-0.3, -0.25) is 5.43 Å². The molecule has 41 heavy (non-hydrogen) atoms. The molecule has 7 heteroatoms. The van der Waals surface area contributed by atoms with Crippen LogP contribution in [0.5, 0.6) is 11.5 Å². The third-order valence-corrected chi connectivity index (χ3v) is 8.14. The van der Waals surface area contributed by atoms with Crippen LogP contribution in [-0.2, 0) is 0 Å². The van der Waals surface area contributed by atoms with Gasteiger partial charge in [0.15, 0.2) is 11.5 Å². The summed E-state index contributed by atoms with van der Waals surface area (Å²) in [7, 11) is 0. The summed E-state index contributed by atoms with van der Waals surface area (Å²) in [5.74, 6) is 2.13. The number of anilines is 2. The third kappa shape index (κ3) is 18.0. The summed E-state index contributed by atoms with van der Waals surface area (Å²) in [5.41, 5.74) is 9.58.